The highest BCUT2D eigenvalue weighted by Crippen LogP contribution is 2.40. The summed E-state index contributed by atoms with van der Waals surface area (Å²) in [5, 5.41) is 0. The van der Waals surface area contributed by atoms with Crippen molar-refractivity contribution in [2.45, 2.75) is 50.4 Å². The van der Waals surface area contributed by atoms with Crippen LogP contribution in [0.1, 0.15) is 43.4 Å². The number of nitrogens with zero attached hydrogens (tertiary/aromatic N) is 4. The van der Waals surface area contributed by atoms with Gasteiger partial charge in [0, 0.05) is 37.7 Å². The highest BCUT2D eigenvalue weighted by molar-refractivity contribution is 5.79. The van der Waals surface area contributed by atoms with E-state index in [4.69, 9.17) is 0 Å². The number of alkyl halides is 3. The monoisotopic (exact) mass is 404 g/mol. The molecule has 0 radical (unpaired) electrons. The molecule has 29 heavy (non-hydrogen) atoms. The van der Waals surface area contributed by atoms with Crippen molar-refractivity contribution in [2.24, 2.45) is 0 Å². The van der Waals surface area contributed by atoms with Gasteiger partial charge in [0.2, 0.25) is 5.91 Å². The predicted octanol–water partition coefficient (Wildman–Crippen LogP) is 4.05. The number of anilines is 1. The van der Waals surface area contributed by atoms with E-state index in [0.717, 1.165) is 43.6 Å². The molecule has 1 atom stereocenters. The minimum absolute atomic E-state index is 0.156. The zero-order chi connectivity index (χ0) is 20.5. The number of aromatic nitrogens is 2. The van der Waals surface area contributed by atoms with Crippen LogP contribution in [0.5, 0.6) is 0 Å². The number of carbonyl (C=O) groups excluding carboxylic acids is 1. The largest absolute Gasteiger partial charge is 0.433 e. The van der Waals surface area contributed by atoms with Gasteiger partial charge in [0.25, 0.3) is 0 Å². The minimum Gasteiger partial charge on any atom is -0.356 e. The highest BCUT2D eigenvalue weighted by atomic mass is 19.4. The van der Waals surface area contributed by atoms with E-state index in [1.54, 1.807) is 0 Å². The average molecular weight is 404 g/mol. The van der Waals surface area contributed by atoms with Crippen molar-refractivity contribution in [1.82, 2.24) is 14.9 Å². The molecule has 8 heteroatoms. The molecule has 1 aromatic heterocycles. The van der Waals surface area contributed by atoms with Crippen LogP contribution in [0, 0.1) is 0 Å². The topological polar surface area (TPSA) is 49.3 Å². The molecule has 154 valence electrons. The first-order chi connectivity index (χ1) is 13.9. The van der Waals surface area contributed by atoms with Gasteiger partial charge < -0.3 is 9.80 Å². The minimum atomic E-state index is -4.49. The summed E-state index contributed by atoms with van der Waals surface area (Å²) in [7, 11) is 0. The van der Waals surface area contributed by atoms with Crippen molar-refractivity contribution in [3.63, 3.8) is 0 Å². The molecule has 0 bridgehead atoms. The molecule has 3 heterocycles. The lowest BCUT2D eigenvalue weighted by atomic mass is 9.87. The van der Waals surface area contributed by atoms with Gasteiger partial charge in [0.1, 0.15) is 17.8 Å². The maximum absolute atomic E-state index is 13.0. The van der Waals surface area contributed by atoms with Gasteiger partial charge in [-0.3, -0.25) is 4.79 Å². The van der Waals surface area contributed by atoms with Crippen LogP contribution in [0.25, 0.3) is 0 Å². The Morgan fingerprint density at radius 2 is 1.83 bits per heavy atom. The lowest BCUT2D eigenvalue weighted by Gasteiger charge is -2.38. The molecule has 2 aliphatic heterocycles. The average Bonchev–Trinajstić information content (AvgIpc) is 2.89. The highest BCUT2D eigenvalue weighted by Gasteiger charge is 2.45. The molecule has 4 rings (SSSR count). The molecule has 1 unspecified atom stereocenters. The normalized spacial score (nSPS) is 22.9. The molecule has 1 spiro atoms. The van der Waals surface area contributed by atoms with E-state index in [1.807, 2.05) is 40.1 Å². The number of amides is 1. The summed E-state index contributed by atoms with van der Waals surface area (Å²) in [6, 6.07) is 10.9. The third-order valence-electron chi connectivity index (χ3n) is 6.05. The second kappa shape index (κ2) is 7.65. The Bertz CT molecular complexity index is 874. The second-order valence-corrected chi connectivity index (χ2v) is 7.79. The Labute approximate surface area is 167 Å². The van der Waals surface area contributed by atoms with Crippen molar-refractivity contribution in [1.29, 1.82) is 0 Å². The summed E-state index contributed by atoms with van der Waals surface area (Å²) in [6.45, 7) is 1.75. The fourth-order valence-corrected chi connectivity index (χ4v) is 4.50. The van der Waals surface area contributed by atoms with Crippen LogP contribution >= 0.6 is 0 Å². The molecule has 2 saturated heterocycles. The van der Waals surface area contributed by atoms with Crippen LogP contribution in [-0.4, -0.2) is 39.4 Å². The predicted molar refractivity (Wildman–Crippen MR) is 102 cm³/mol. The van der Waals surface area contributed by atoms with Gasteiger partial charge in [-0.25, -0.2) is 9.97 Å². The molecular weight excluding hydrogens is 381 g/mol. The summed E-state index contributed by atoms with van der Waals surface area (Å²) >= 11 is 0. The number of carbonyl (C=O) groups is 1. The molecule has 0 N–H and O–H groups in total. The molecule has 5 nitrogen and oxygen atoms in total. The van der Waals surface area contributed by atoms with Gasteiger partial charge in [0.15, 0.2) is 0 Å². The van der Waals surface area contributed by atoms with Crippen LogP contribution in [0.3, 0.4) is 0 Å². The maximum atomic E-state index is 13.0. The fraction of sp³-hybridized carbons (Fsp3) is 0.476. The van der Waals surface area contributed by atoms with E-state index < -0.39 is 11.9 Å². The van der Waals surface area contributed by atoms with Gasteiger partial charge in [-0.05, 0) is 31.2 Å². The summed E-state index contributed by atoms with van der Waals surface area (Å²) < 4.78 is 39.0. The molecular formula is C21H23F3N4O. The van der Waals surface area contributed by atoms with E-state index in [9.17, 15) is 18.0 Å². The number of likely N-dealkylation sites (tertiary alicyclic amines) is 1. The van der Waals surface area contributed by atoms with Crippen molar-refractivity contribution >= 4 is 11.7 Å². The van der Waals surface area contributed by atoms with Gasteiger partial charge in [-0.1, -0.05) is 30.3 Å². The summed E-state index contributed by atoms with van der Waals surface area (Å²) in [5.41, 5.74) is -0.0706. The van der Waals surface area contributed by atoms with Gasteiger partial charge in [-0.2, -0.15) is 13.2 Å². The Balaban J connectivity index is 1.52. The molecule has 0 aliphatic carbocycles. The number of benzene rings is 1. The van der Waals surface area contributed by atoms with E-state index >= 15 is 0 Å². The van der Waals surface area contributed by atoms with E-state index in [2.05, 4.69) is 9.97 Å². The fourth-order valence-electron chi connectivity index (χ4n) is 4.50. The number of rotatable bonds is 3. The first kappa shape index (κ1) is 19.7. The lowest BCUT2D eigenvalue weighted by Crippen LogP contribution is -2.46. The third kappa shape index (κ3) is 4.06. The standard InChI is InChI=1S/C21H23F3N4O/c22-21(23,24)17-13-18(26-15-25-17)27-11-4-8-20(10-12-27)9-7-19(29)28(20)14-16-5-2-1-3-6-16/h1-3,5-6,13,15H,4,7-12,14H2. The molecule has 2 aliphatic rings. The van der Waals surface area contributed by atoms with Crippen LogP contribution in [0.4, 0.5) is 19.0 Å². The Morgan fingerprint density at radius 3 is 2.59 bits per heavy atom. The third-order valence-corrected chi connectivity index (χ3v) is 6.05. The van der Waals surface area contributed by atoms with Crippen LogP contribution < -0.4 is 4.90 Å². The molecule has 1 aromatic carbocycles. The maximum Gasteiger partial charge on any atom is 0.433 e. The Kier molecular flexibility index (Phi) is 5.19. The zero-order valence-electron chi connectivity index (χ0n) is 16.0. The molecule has 1 amide bonds. The van der Waals surface area contributed by atoms with E-state index in [0.29, 0.717) is 31.9 Å². The Hall–Kier alpha value is -2.64. The SMILES string of the molecule is O=C1CCC2(CCCN(c3cc(C(F)(F)F)ncn3)CC2)N1Cc1ccccc1. The molecule has 2 aromatic rings. The van der Waals surface area contributed by atoms with Gasteiger partial charge >= 0.3 is 6.18 Å². The molecule has 0 saturated carbocycles. The summed E-state index contributed by atoms with van der Waals surface area (Å²) in [5.74, 6) is 0.451. The zero-order valence-corrected chi connectivity index (χ0v) is 16.0. The quantitative estimate of drug-likeness (QED) is 0.775. The van der Waals surface area contributed by atoms with Crippen LogP contribution in [0.2, 0.25) is 0 Å². The van der Waals surface area contributed by atoms with Crippen molar-refractivity contribution < 1.29 is 18.0 Å². The van der Waals surface area contributed by atoms with Gasteiger partial charge in [0.05, 0.1) is 0 Å². The van der Waals surface area contributed by atoms with Crippen LogP contribution in [-0.2, 0) is 17.5 Å². The Morgan fingerprint density at radius 1 is 1.03 bits per heavy atom. The van der Waals surface area contributed by atoms with E-state index in [-0.39, 0.29) is 11.4 Å². The van der Waals surface area contributed by atoms with Crippen molar-refractivity contribution in [3.05, 3.63) is 54.0 Å². The first-order valence-electron chi connectivity index (χ1n) is 9.86. The number of halogens is 3. The lowest BCUT2D eigenvalue weighted by molar-refractivity contribution is -0.141. The molecule has 2 fully saturated rings. The number of hydrogen-bond acceptors (Lipinski definition) is 4. The second-order valence-electron chi connectivity index (χ2n) is 7.79. The summed E-state index contributed by atoms with van der Waals surface area (Å²) in [6.07, 6.45) is 0.164. The smallest absolute Gasteiger partial charge is 0.356 e. The summed E-state index contributed by atoms with van der Waals surface area (Å²) in [4.78, 5) is 23.9. The van der Waals surface area contributed by atoms with Crippen molar-refractivity contribution in [2.75, 3.05) is 18.0 Å². The first-order valence-corrected chi connectivity index (χ1v) is 9.86. The van der Waals surface area contributed by atoms with E-state index in [1.165, 1.54) is 0 Å². The number of hydrogen-bond donors (Lipinski definition) is 0. The van der Waals surface area contributed by atoms with Crippen LogP contribution in [0.15, 0.2) is 42.7 Å². The van der Waals surface area contributed by atoms with Crippen molar-refractivity contribution in [3.8, 4) is 0 Å². The van der Waals surface area contributed by atoms with Gasteiger partial charge in [-0.15, -0.1) is 0 Å².